The number of thiophene rings is 1. The average Bonchev–Trinajstić information content (AvgIpc) is 2.74. The fourth-order valence-electron chi connectivity index (χ4n) is 1.44. The highest BCUT2D eigenvalue weighted by Gasteiger charge is 1.97. The molecule has 0 fully saturated rings. The number of nitrogens with zero attached hydrogens (tertiary/aromatic N) is 1. The number of hydrogen-bond donors (Lipinski definition) is 2. The number of aliphatic imine (C=N–C) groups is 1. The molecule has 0 bridgehead atoms. The summed E-state index contributed by atoms with van der Waals surface area (Å²) in [6, 6.07) is 14.0. The molecule has 0 aliphatic rings. The minimum Gasteiger partial charge on any atom is -0.370 e. The minimum absolute atomic E-state index is 0. The van der Waals surface area contributed by atoms with E-state index in [-0.39, 0.29) is 24.0 Å². The number of anilines is 1. The van der Waals surface area contributed by atoms with E-state index in [1.54, 1.807) is 11.3 Å². The number of para-hydroxylation sites is 1. The monoisotopic (exact) mass is 373 g/mol. The van der Waals surface area contributed by atoms with Crippen LogP contribution in [0.5, 0.6) is 0 Å². The Balaban J connectivity index is 0.00000162. The van der Waals surface area contributed by atoms with E-state index in [4.69, 9.17) is 5.73 Å². The van der Waals surface area contributed by atoms with Gasteiger partial charge >= 0.3 is 0 Å². The molecule has 0 saturated heterocycles. The van der Waals surface area contributed by atoms with Gasteiger partial charge in [-0.05, 0) is 31.2 Å². The van der Waals surface area contributed by atoms with E-state index in [1.807, 2.05) is 30.3 Å². The van der Waals surface area contributed by atoms with Crippen LogP contribution < -0.4 is 11.1 Å². The van der Waals surface area contributed by atoms with Crippen LogP contribution in [0.25, 0.3) is 0 Å². The Morgan fingerprint density at radius 1 is 1.22 bits per heavy atom. The highest BCUT2D eigenvalue weighted by Crippen LogP contribution is 2.15. The van der Waals surface area contributed by atoms with Crippen LogP contribution >= 0.6 is 35.3 Å². The Bertz CT molecular complexity index is 508. The lowest BCUT2D eigenvalue weighted by molar-refractivity contribution is 1.09. The van der Waals surface area contributed by atoms with Crippen LogP contribution in [0.4, 0.5) is 5.69 Å². The average molecular weight is 373 g/mol. The van der Waals surface area contributed by atoms with Crippen LogP contribution in [0.1, 0.15) is 9.75 Å². The number of halogens is 1. The maximum absolute atomic E-state index is 5.80. The Morgan fingerprint density at radius 2 is 1.94 bits per heavy atom. The summed E-state index contributed by atoms with van der Waals surface area (Å²) in [5, 5.41) is 3.05. The topological polar surface area (TPSA) is 50.4 Å². The summed E-state index contributed by atoms with van der Waals surface area (Å²) in [4.78, 5) is 6.82. The number of guanidine groups is 1. The molecule has 0 radical (unpaired) electrons. The van der Waals surface area contributed by atoms with Crippen molar-refractivity contribution in [3.05, 3.63) is 52.2 Å². The van der Waals surface area contributed by atoms with E-state index in [2.05, 4.69) is 29.4 Å². The van der Waals surface area contributed by atoms with Crippen molar-refractivity contribution in [1.29, 1.82) is 0 Å². The van der Waals surface area contributed by atoms with E-state index >= 15 is 0 Å². The van der Waals surface area contributed by atoms with Gasteiger partial charge < -0.3 is 11.1 Å². The molecule has 2 aromatic rings. The maximum Gasteiger partial charge on any atom is 0.193 e. The molecule has 3 nitrogen and oxygen atoms in total. The Kier molecular flexibility index (Phi) is 6.14. The summed E-state index contributed by atoms with van der Waals surface area (Å²) in [6.45, 7) is 2.72. The van der Waals surface area contributed by atoms with Crippen LogP contribution in [0, 0.1) is 6.92 Å². The fourth-order valence-corrected chi connectivity index (χ4v) is 2.26. The molecule has 0 amide bonds. The van der Waals surface area contributed by atoms with Crippen molar-refractivity contribution in [2.75, 3.05) is 5.32 Å². The molecule has 1 heterocycles. The van der Waals surface area contributed by atoms with E-state index in [0.717, 1.165) is 5.69 Å². The second kappa shape index (κ2) is 7.38. The lowest BCUT2D eigenvalue weighted by atomic mass is 10.3. The molecule has 0 aliphatic carbocycles. The summed E-state index contributed by atoms with van der Waals surface area (Å²) in [6.07, 6.45) is 0. The zero-order valence-corrected chi connectivity index (χ0v) is 13.2. The van der Waals surface area contributed by atoms with Gasteiger partial charge in [-0.2, -0.15) is 0 Å². The molecule has 1 aromatic heterocycles. The molecular weight excluding hydrogens is 357 g/mol. The summed E-state index contributed by atoms with van der Waals surface area (Å²) in [5.41, 5.74) is 6.76. The molecule has 3 N–H and O–H groups in total. The lowest BCUT2D eigenvalue weighted by Gasteiger charge is -2.04. The third-order valence-corrected chi connectivity index (χ3v) is 3.23. The van der Waals surface area contributed by atoms with Crippen molar-refractivity contribution in [2.45, 2.75) is 13.5 Å². The van der Waals surface area contributed by atoms with Gasteiger partial charge in [0.05, 0.1) is 6.54 Å². The first kappa shape index (κ1) is 15.0. The van der Waals surface area contributed by atoms with Crippen LogP contribution in [-0.2, 0) is 6.54 Å². The molecular formula is C13H16IN3S. The van der Waals surface area contributed by atoms with Gasteiger partial charge in [0.15, 0.2) is 5.96 Å². The van der Waals surface area contributed by atoms with Gasteiger partial charge in [-0.15, -0.1) is 35.3 Å². The number of benzene rings is 1. The number of aryl methyl sites for hydroxylation is 1. The molecule has 96 valence electrons. The van der Waals surface area contributed by atoms with Gasteiger partial charge in [0, 0.05) is 15.4 Å². The van der Waals surface area contributed by atoms with E-state index in [1.165, 1.54) is 9.75 Å². The predicted molar refractivity (Wildman–Crippen MR) is 89.9 cm³/mol. The first-order valence-corrected chi connectivity index (χ1v) is 6.23. The van der Waals surface area contributed by atoms with E-state index in [9.17, 15) is 0 Å². The summed E-state index contributed by atoms with van der Waals surface area (Å²) in [5.74, 6) is 0.447. The standard InChI is InChI=1S/C13H15N3S.HI/c1-10-7-8-12(17-10)9-15-13(14)16-11-5-3-2-4-6-11;/h2-8H,9H2,1H3,(H3,14,15,16);1H. The first-order chi connectivity index (χ1) is 8.24. The second-order valence-electron chi connectivity index (χ2n) is 3.70. The van der Waals surface area contributed by atoms with Crippen molar-refractivity contribution in [1.82, 2.24) is 0 Å². The smallest absolute Gasteiger partial charge is 0.193 e. The van der Waals surface area contributed by atoms with Crippen molar-refractivity contribution >= 4 is 47.0 Å². The summed E-state index contributed by atoms with van der Waals surface area (Å²) >= 11 is 1.75. The summed E-state index contributed by atoms with van der Waals surface area (Å²) < 4.78 is 0. The van der Waals surface area contributed by atoms with Crippen LogP contribution in [0.15, 0.2) is 47.5 Å². The largest absolute Gasteiger partial charge is 0.370 e. The maximum atomic E-state index is 5.80. The quantitative estimate of drug-likeness (QED) is 0.491. The molecule has 5 heteroatoms. The molecule has 1 aromatic carbocycles. The minimum atomic E-state index is 0. The fraction of sp³-hybridized carbons (Fsp3) is 0.154. The highest BCUT2D eigenvalue weighted by molar-refractivity contribution is 14.0. The lowest BCUT2D eigenvalue weighted by Crippen LogP contribution is -2.22. The van der Waals surface area contributed by atoms with Gasteiger partial charge in [-0.1, -0.05) is 18.2 Å². The van der Waals surface area contributed by atoms with Gasteiger partial charge in [-0.25, -0.2) is 4.99 Å². The third-order valence-electron chi connectivity index (χ3n) is 2.25. The molecule has 2 rings (SSSR count). The predicted octanol–water partition coefficient (Wildman–Crippen LogP) is 3.60. The van der Waals surface area contributed by atoms with E-state index < -0.39 is 0 Å². The van der Waals surface area contributed by atoms with Crippen molar-refractivity contribution < 1.29 is 0 Å². The van der Waals surface area contributed by atoms with Gasteiger partial charge in [0.25, 0.3) is 0 Å². The molecule has 0 saturated carbocycles. The SMILES string of the molecule is Cc1ccc(CN=C(N)Nc2ccccc2)s1.I. The normalized spacial score (nSPS) is 10.8. The Hall–Kier alpha value is -1.08. The Morgan fingerprint density at radius 3 is 2.56 bits per heavy atom. The first-order valence-electron chi connectivity index (χ1n) is 5.41. The number of nitrogens with one attached hydrogen (secondary N) is 1. The van der Waals surface area contributed by atoms with Crippen molar-refractivity contribution in [3.8, 4) is 0 Å². The van der Waals surface area contributed by atoms with E-state index in [0.29, 0.717) is 12.5 Å². The van der Waals surface area contributed by atoms with Gasteiger partial charge in [0.2, 0.25) is 0 Å². The van der Waals surface area contributed by atoms with Crippen molar-refractivity contribution in [3.63, 3.8) is 0 Å². The molecule has 0 spiro atoms. The number of rotatable bonds is 3. The van der Waals surface area contributed by atoms with Gasteiger partial charge in [-0.3, -0.25) is 0 Å². The molecule has 0 atom stereocenters. The third kappa shape index (κ3) is 4.66. The molecule has 0 aliphatic heterocycles. The van der Waals surface area contributed by atoms with Crippen LogP contribution in [0.3, 0.4) is 0 Å². The van der Waals surface area contributed by atoms with Crippen LogP contribution in [-0.4, -0.2) is 5.96 Å². The number of hydrogen-bond acceptors (Lipinski definition) is 2. The zero-order valence-electron chi connectivity index (χ0n) is 10.1. The Labute approximate surface area is 128 Å². The van der Waals surface area contributed by atoms with Crippen molar-refractivity contribution in [2.24, 2.45) is 10.7 Å². The molecule has 0 unspecified atom stereocenters. The number of nitrogens with two attached hydrogens (primary N) is 1. The summed E-state index contributed by atoms with van der Waals surface area (Å²) in [7, 11) is 0. The zero-order chi connectivity index (χ0) is 12.1. The molecule has 18 heavy (non-hydrogen) atoms. The highest BCUT2D eigenvalue weighted by atomic mass is 127. The second-order valence-corrected chi connectivity index (χ2v) is 5.08. The van der Waals surface area contributed by atoms with Gasteiger partial charge in [0.1, 0.15) is 0 Å². The van der Waals surface area contributed by atoms with Crippen LogP contribution in [0.2, 0.25) is 0 Å².